The molecule has 0 spiro atoms. The number of rotatable bonds is 10. The smallest absolute Gasteiger partial charge is 0.305 e. The number of aliphatic carboxylic acids is 1. The highest BCUT2D eigenvalue weighted by molar-refractivity contribution is 5.79. The third kappa shape index (κ3) is 6.18. The molecular formula is C17H25NO5. The van der Waals surface area contributed by atoms with Gasteiger partial charge in [0.05, 0.1) is 18.6 Å². The predicted molar refractivity (Wildman–Crippen MR) is 86.8 cm³/mol. The molecule has 0 bridgehead atoms. The Bertz CT molecular complexity index is 508. The Morgan fingerprint density at radius 1 is 1.04 bits per heavy atom. The van der Waals surface area contributed by atoms with E-state index in [0.29, 0.717) is 25.2 Å². The zero-order valence-corrected chi connectivity index (χ0v) is 13.9. The van der Waals surface area contributed by atoms with E-state index in [0.717, 1.165) is 5.75 Å². The van der Waals surface area contributed by atoms with Crippen LogP contribution in [0.4, 0.5) is 0 Å². The predicted octanol–water partition coefficient (Wildman–Crippen LogP) is 2.61. The van der Waals surface area contributed by atoms with Gasteiger partial charge < -0.3 is 19.9 Å². The highest BCUT2D eigenvalue weighted by Gasteiger charge is 2.30. The molecule has 0 aromatic heterocycles. The molecule has 1 aromatic carbocycles. The van der Waals surface area contributed by atoms with Crippen molar-refractivity contribution in [3.8, 4) is 11.5 Å². The SMILES string of the molecule is CCOc1ccc(OCC(=O)NC(CC)(CC)CC(=O)O)cc1. The number of nitrogens with one attached hydrogen (secondary N) is 1. The third-order valence-corrected chi connectivity index (χ3v) is 3.75. The normalized spacial score (nSPS) is 10.9. The van der Waals surface area contributed by atoms with Crippen molar-refractivity contribution in [3.05, 3.63) is 24.3 Å². The van der Waals surface area contributed by atoms with Crippen LogP contribution in [0, 0.1) is 0 Å². The summed E-state index contributed by atoms with van der Waals surface area (Å²) < 4.78 is 10.8. The van der Waals surface area contributed by atoms with E-state index in [2.05, 4.69) is 5.32 Å². The number of amides is 1. The lowest BCUT2D eigenvalue weighted by Gasteiger charge is -2.31. The topological polar surface area (TPSA) is 84.9 Å². The molecule has 1 amide bonds. The van der Waals surface area contributed by atoms with Crippen molar-refractivity contribution in [2.75, 3.05) is 13.2 Å². The van der Waals surface area contributed by atoms with E-state index in [9.17, 15) is 9.59 Å². The molecule has 2 N–H and O–H groups in total. The molecule has 0 aliphatic heterocycles. The van der Waals surface area contributed by atoms with Gasteiger partial charge in [0.15, 0.2) is 6.61 Å². The summed E-state index contributed by atoms with van der Waals surface area (Å²) >= 11 is 0. The van der Waals surface area contributed by atoms with Crippen LogP contribution < -0.4 is 14.8 Å². The van der Waals surface area contributed by atoms with E-state index in [4.69, 9.17) is 14.6 Å². The minimum Gasteiger partial charge on any atom is -0.494 e. The van der Waals surface area contributed by atoms with Gasteiger partial charge in [0.2, 0.25) is 0 Å². The molecule has 6 heteroatoms. The van der Waals surface area contributed by atoms with E-state index in [1.165, 1.54) is 0 Å². The van der Waals surface area contributed by atoms with Gasteiger partial charge in [0.1, 0.15) is 11.5 Å². The van der Waals surface area contributed by atoms with Crippen molar-refractivity contribution >= 4 is 11.9 Å². The zero-order chi connectivity index (χ0) is 17.3. The van der Waals surface area contributed by atoms with E-state index in [-0.39, 0.29) is 18.9 Å². The summed E-state index contributed by atoms with van der Waals surface area (Å²) in [6.07, 6.45) is 0.990. The molecule has 0 saturated carbocycles. The van der Waals surface area contributed by atoms with Crippen LogP contribution in [0.25, 0.3) is 0 Å². The Morgan fingerprint density at radius 3 is 2.00 bits per heavy atom. The lowest BCUT2D eigenvalue weighted by molar-refractivity contribution is -0.139. The molecular weight excluding hydrogens is 298 g/mol. The largest absolute Gasteiger partial charge is 0.494 e. The Kier molecular flexibility index (Phi) is 7.38. The van der Waals surface area contributed by atoms with Gasteiger partial charge in [-0.2, -0.15) is 0 Å². The molecule has 0 heterocycles. The van der Waals surface area contributed by atoms with E-state index >= 15 is 0 Å². The average molecular weight is 323 g/mol. The summed E-state index contributed by atoms with van der Waals surface area (Å²) in [6.45, 7) is 6.05. The van der Waals surface area contributed by atoms with Crippen LogP contribution in [0.3, 0.4) is 0 Å². The van der Waals surface area contributed by atoms with Gasteiger partial charge in [-0.15, -0.1) is 0 Å². The first-order valence-corrected chi connectivity index (χ1v) is 7.83. The summed E-state index contributed by atoms with van der Waals surface area (Å²) in [5.41, 5.74) is -0.731. The maximum absolute atomic E-state index is 12.0. The lowest BCUT2D eigenvalue weighted by atomic mass is 9.89. The van der Waals surface area contributed by atoms with Crippen LogP contribution in [-0.2, 0) is 9.59 Å². The molecule has 0 atom stereocenters. The summed E-state index contributed by atoms with van der Waals surface area (Å²) in [6, 6.07) is 6.98. The summed E-state index contributed by atoms with van der Waals surface area (Å²) in [5.74, 6) is 0.0347. The van der Waals surface area contributed by atoms with Gasteiger partial charge in [-0.25, -0.2) is 0 Å². The maximum Gasteiger partial charge on any atom is 0.305 e. The van der Waals surface area contributed by atoms with Gasteiger partial charge in [-0.1, -0.05) is 13.8 Å². The van der Waals surface area contributed by atoms with Gasteiger partial charge in [0, 0.05) is 0 Å². The highest BCUT2D eigenvalue weighted by atomic mass is 16.5. The Labute approximate surface area is 136 Å². The Morgan fingerprint density at radius 2 is 1.57 bits per heavy atom. The molecule has 0 fully saturated rings. The van der Waals surface area contributed by atoms with Crippen molar-refractivity contribution in [1.82, 2.24) is 5.32 Å². The molecule has 0 unspecified atom stereocenters. The number of carbonyl (C=O) groups is 2. The van der Waals surface area contributed by atoms with Crippen LogP contribution in [0.5, 0.6) is 11.5 Å². The standard InChI is InChI=1S/C17H25NO5/c1-4-17(5-2,11-16(20)21)18-15(19)12-23-14-9-7-13(8-10-14)22-6-3/h7-10H,4-6,11-12H2,1-3H3,(H,18,19)(H,20,21). The lowest BCUT2D eigenvalue weighted by Crippen LogP contribution is -2.50. The molecule has 23 heavy (non-hydrogen) atoms. The Balaban J connectivity index is 2.56. The van der Waals surface area contributed by atoms with Crippen molar-refractivity contribution in [2.45, 2.75) is 45.6 Å². The van der Waals surface area contributed by atoms with Crippen LogP contribution in [-0.4, -0.2) is 35.7 Å². The van der Waals surface area contributed by atoms with Crippen molar-refractivity contribution in [1.29, 1.82) is 0 Å². The van der Waals surface area contributed by atoms with Gasteiger partial charge in [-0.3, -0.25) is 9.59 Å². The molecule has 1 aromatic rings. The second kappa shape index (κ2) is 9.02. The van der Waals surface area contributed by atoms with Crippen molar-refractivity contribution in [3.63, 3.8) is 0 Å². The number of hydrogen-bond donors (Lipinski definition) is 2. The van der Waals surface area contributed by atoms with Gasteiger partial charge in [0.25, 0.3) is 5.91 Å². The first-order chi connectivity index (χ1) is 10.9. The van der Waals surface area contributed by atoms with Crippen LogP contribution in [0.2, 0.25) is 0 Å². The van der Waals surface area contributed by atoms with Crippen LogP contribution in [0.15, 0.2) is 24.3 Å². The highest BCUT2D eigenvalue weighted by Crippen LogP contribution is 2.20. The molecule has 128 valence electrons. The second-order valence-corrected chi connectivity index (χ2v) is 5.30. The minimum absolute atomic E-state index is 0.102. The fourth-order valence-corrected chi connectivity index (χ4v) is 2.29. The van der Waals surface area contributed by atoms with Crippen LogP contribution in [0.1, 0.15) is 40.0 Å². The summed E-state index contributed by atoms with van der Waals surface area (Å²) in [5, 5.41) is 11.8. The monoisotopic (exact) mass is 323 g/mol. The average Bonchev–Trinajstić information content (AvgIpc) is 2.53. The number of carboxylic acids is 1. The number of carbonyl (C=O) groups excluding carboxylic acids is 1. The number of ether oxygens (including phenoxy) is 2. The van der Waals surface area contributed by atoms with Crippen LogP contribution >= 0.6 is 0 Å². The second-order valence-electron chi connectivity index (χ2n) is 5.30. The quantitative estimate of drug-likeness (QED) is 0.691. The van der Waals surface area contributed by atoms with E-state index in [1.807, 2.05) is 20.8 Å². The summed E-state index contributed by atoms with van der Waals surface area (Å²) in [4.78, 5) is 23.0. The van der Waals surface area contributed by atoms with E-state index < -0.39 is 11.5 Å². The molecule has 0 aliphatic rings. The van der Waals surface area contributed by atoms with Gasteiger partial charge in [-0.05, 0) is 44.0 Å². The number of benzene rings is 1. The van der Waals surface area contributed by atoms with Gasteiger partial charge >= 0.3 is 5.97 Å². The molecule has 6 nitrogen and oxygen atoms in total. The first kappa shape index (κ1) is 18.8. The number of carboxylic acid groups (broad SMARTS) is 1. The van der Waals surface area contributed by atoms with Crippen molar-refractivity contribution < 1.29 is 24.2 Å². The fraction of sp³-hybridized carbons (Fsp3) is 0.529. The maximum atomic E-state index is 12.0. The zero-order valence-electron chi connectivity index (χ0n) is 13.9. The number of hydrogen-bond acceptors (Lipinski definition) is 4. The van der Waals surface area contributed by atoms with Crippen molar-refractivity contribution in [2.24, 2.45) is 0 Å². The summed E-state index contributed by atoms with van der Waals surface area (Å²) in [7, 11) is 0. The third-order valence-electron chi connectivity index (χ3n) is 3.75. The fourth-order valence-electron chi connectivity index (χ4n) is 2.29. The molecule has 0 aliphatic carbocycles. The van der Waals surface area contributed by atoms with E-state index in [1.54, 1.807) is 24.3 Å². The molecule has 1 rings (SSSR count). The minimum atomic E-state index is -0.929. The molecule has 0 saturated heterocycles. The molecule has 0 radical (unpaired) electrons. The Hall–Kier alpha value is -2.24. The first-order valence-electron chi connectivity index (χ1n) is 7.83.